The molecule has 0 aromatic rings. The SMILES string of the molecule is NCC(=O)N1CCC2CCCCC21. The molecule has 2 rings (SSSR count). The van der Waals surface area contributed by atoms with E-state index in [2.05, 4.69) is 0 Å². The second kappa shape index (κ2) is 3.66. The number of rotatable bonds is 1. The van der Waals surface area contributed by atoms with E-state index >= 15 is 0 Å². The van der Waals surface area contributed by atoms with Crippen molar-refractivity contribution in [3.63, 3.8) is 0 Å². The molecule has 13 heavy (non-hydrogen) atoms. The maximum absolute atomic E-state index is 11.5. The van der Waals surface area contributed by atoms with Crippen LogP contribution in [-0.4, -0.2) is 29.9 Å². The molecule has 2 fully saturated rings. The van der Waals surface area contributed by atoms with E-state index in [1.807, 2.05) is 4.90 Å². The van der Waals surface area contributed by atoms with Crippen LogP contribution in [0.15, 0.2) is 0 Å². The maximum atomic E-state index is 11.5. The largest absolute Gasteiger partial charge is 0.338 e. The second-order valence-electron chi connectivity index (χ2n) is 4.19. The number of nitrogens with two attached hydrogens (primary N) is 1. The van der Waals surface area contributed by atoms with Crippen molar-refractivity contribution < 1.29 is 4.79 Å². The minimum Gasteiger partial charge on any atom is -0.338 e. The monoisotopic (exact) mass is 182 g/mol. The summed E-state index contributed by atoms with van der Waals surface area (Å²) in [6.07, 6.45) is 6.37. The number of fused-ring (bicyclic) bond motifs is 1. The molecule has 0 aromatic carbocycles. The fourth-order valence-electron chi connectivity index (χ4n) is 2.83. The summed E-state index contributed by atoms with van der Waals surface area (Å²) in [5, 5.41) is 0. The van der Waals surface area contributed by atoms with E-state index in [4.69, 9.17) is 5.73 Å². The molecule has 2 unspecified atom stereocenters. The zero-order chi connectivity index (χ0) is 9.26. The number of likely N-dealkylation sites (tertiary alicyclic amines) is 1. The molecule has 0 bridgehead atoms. The molecular formula is C10H18N2O. The first-order valence-electron chi connectivity index (χ1n) is 5.32. The lowest BCUT2D eigenvalue weighted by molar-refractivity contribution is -0.131. The highest BCUT2D eigenvalue weighted by Gasteiger charge is 2.37. The lowest BCUT2D eigenvalue weighted by Gasteiger charge is -2.31. The van der Waals surface area contributed by atoms with Crippen LogP contribution in [0.4, 0.5) is 0 Å². The van der Waals surface area contributed by atoms with Crippen LogP contribution in [0, 0.1) is 5.92 Å². The third-order valence-electron chi connectivity index (χ3n) is 3.51. The third-order valence-corrected chi connectivity index (χ3v) is 3.51. The normalized spacial score (nSPS) is 33.2. The summed E-state index contributed by atoms with van der Waals surface area (Å²) in [7, 11) is 0. The Labute approximate surface area is 79.3 Å². The van der Waals surface area contributed by atoms with E-state index in [9.17, 15) is 4.79 Å². The summed E-state index contributed by atoms with van der Waals surface area (Å²) in [4.78, 5) is 13.5. The van der Waals surface area contributed by atoms with E-state index in [1.54, 1.807) is 0 Å². The number of hydrogen-bond donors (Lipinski definition) is 1. The molecule has 0 aromatic heterocycles. The first-order valence-corrected chi connectivity index (χ1v) is 5.32. The predicted molar refractivity (Wildman–Crippen MR) is 51.1 cm³/mol. The summed E-state index contributed by atoms with van der Waals surface area (Å²) in [5.41, 5.74) is 5.38. The summed E-state index contributed by atoms with van der Waals surface area (Å²) in [6.45, 7) is 1.13. The van der Waals surface area contributed by atoms with Crippen LogP contribution in [0.1, 0.15) is 32.1 Å². The van der Waals surface area contributed by atoms with Crippen LogP contribution in [0.5, 0.6) is 0 Å². The highest BCUT2D eigenvalue weighted by Crippen LogP contribution is 2.35. The summed E-state index contributed by atoms with van der Waals surface area (Å²) in [5.74, 6) is 0.929. The first-order chi connectivity index (χ1) is 6.33. The molecule has 1 aliphatic heterocycles. The molecule has 74 valence electrons. The van der Waals surface area contributed by atoms with Gasteiger partial charge >= 0.3 is 0 Å². The van der Waals surface area contributed by atoms with Crippen LogP contribution in [0.25, 0.3) is 0 Å². The fourth-order valence-corrected chi connectivity index (χ4v) is 2.83. The van der Waals surface area contributed by atoms with Crippen molar-refractivity contribution in [2.75, 3.05) is 13.1 Å². The van der Waals surface area contributed by atoms with Gasteiger partial charge in [-0.15, -0.1) is 0 Å². The Hall–Kier alpha value is -0.570. The van der Waals surface area contributed by atoms with E-state index in [0.717, 1.165) is 12.5 Å². The number of carbonyl (C=O) groups excluding carboxylic acids is 1. The Morgan fingerprint density at radius 2 is 2.08 bits per heavy atom. The van der Waals surface area contributed by atoms with Gasteiger partial charge in [0.2, 0.25) is 5.91 Å². The zero-order valence-corrected chi connectivity index (χ0v) is 8.04. The van der Waals surface area contributed by atoms with Crippen LogP contribution < -0.4 is 5.73 Å². The first kappa shape index (κ1) is 9.00. The molecule has 1 aliphatic carbocycles. The van der Waals surface area contributed by atoms with Crippen molar-refractivity contribution in [3.8, 4) is 0 Å². The summed E-state index contributed by atoms with van der Waals surface area (Å²) >= 11 is 0. The smallest absolute Gasteiger partial charge is 0.236 e. The molecule has 3 nitrogen and oxygen atoms in total. The van der Waals surface area contributed by atoms with E-state index in [1.165, 1.54) is 32.1 Å². The maximum Gasteiger partial charge on any atom is 0.236 e. The molecule has 2 aliphatic rings. The van der Waals surface area contributed by atoms with Gasteiger partial charge in [-0.2, -0.15) is 0 Å². The van der Waals surface area contributed by atoms with Crippen LogP contribution in [0.3, 0.4) is 0 Å². The molecule has 0 radical (unpaired) electrons. The van der Waals surface area contributed by atoms with Gasteiger partial charge in [-0.3, -0.25) is 4.79 Å². The Bertz CT molecular complexity index is 205. The highest BCUT2D eigenvalue weighted by molar-refractivity contribution is 5.78. The lowest BCUT2D eigenvalue weighted by Crippen LogP contribution is -2.42. The molecule has 1 amide bonds. The van der Waals surface area contributed by atoms with E-state index in [-0.39, 0.29) is 12.5 Å². The number of hydrogen-bond acceptors (Lipinski definition) is 2. The van der Waals surface area contributed by atoms with Gasteiger partial charge in [0.1, 0.15) is 0 Å². The van der Waals surface area contributed by atoms with Gasteiger partial charge in [0.05, 0.1) is 6.54 Å². The van der Waals surface area contributed by atoms with Crippen molar-refractivity contribution in [1.82, 2.24) is 4.90 Å². The quantitative estimate of drug-likeness (QED) is 0.650. The van der Waals surface area contributed by atoms with Crippen molar-refractivity contribution >= 4 is 5.91 Å². The van der Waals surface area contributed by atoms with Crippen LogP contribution in [0.2, 0.25) is 0 Å². The van der Waals surface area contributed by atoms with E-state index < -0.39 is 0 Å². The molecule has 3 heteroatoms. The molecular weight excluding hydrogens is 164 g/mol. The number of amides is 1. The Morgan fingerprint density at radius 3 is 2.85 bits per heavy atom. The van der Waals surface area contributed by atoms with E-state index in [0.29, 0.717) is 6.04 Å². The van der Waals surface area contributed by atoms with Gasteiger partial charge < -0.3 is 10.6 Å². The number of nitrogens with zero attached hydrogens (tertiary/aromatic N) is 1. The molecule has 0 spiro atoms. The molecule has 1 saturated carbocycles. The van der Waals surface area contributed by atoms with Crippen molar-refractivity contribution in [1.29, 1.82) is 0 Å². The van der Waals surface area contributed by atoms with Gasteiger partial charge in [-0.05, 0) is 25.2 Å². The van der Waals surface area contributed by atoms with Crippen molar-refractivity contribution in [2.45, 2.75) is 38.1 Å². The summed E-state index contributed by atoms with van der Waals surface area (Å²) in [6, 6.07) is 0.532. The molecule has 2 atom stereocenters. The summed E-state index contributed by atoms with van der Waals surface area (Å²) < 4.78 is 0. The van der Waals surface area contributed by atoms with Crippen LogP contribution >= 0.6 is 0 Å². The second-order valence-corrected chi connectivity index (χ2v) is 4.19. The third kappa shape index (κ3) is 1.57. The standard InChI is InChI=1S/C10H18N2O/c11-7-10(13)12-6-5-8-3-1-2-4-9(8)12/h8-9H,1-7,11H2. The topological polar surface area (TPSA) is 46.3 Å². The van der Waals surface area contributed by atoms with Gasteiger partial charge in [-0.25, -0.2) is 0 Å². The molecule has 2 N–H and O–H groups in total. The van der Waals surface area contributed by atoms with Gasteiger partial charge in [-0.1, -0.05) is 12.8 Å². The fraction of sp³-hybridized carbons (Fsp3) is 0.900. The Kier molecular flexibility index (Phi) is 2.54. The van der Waals surface area contributed by atoms with Crippen molar-refractivity contribution in [3.05, 3.63) is 0 Å². The molecule has 1 heterocycles. The minimum absolute atomic E-state index is 0.148. The minimum atomic E-state index is 0.148. The van der Waals surface area contributed by atoms with Gasteiger partial charge in [0.15, 0.2) is 0 Å². The lowest BCUT2D eigenvalue weighted by atomic mass is 9.85. The number of carbonyl (C=O) groups is 1. The van der Waals surface area contributed by atoms with Crippen LogP contribution in [-0.2, 0) is 4.79 Å². The Morgan fingerprint density at radius 1 is 1.31 bits per heavy atom. The average molecular weight is 182 g/mol. The van der Waals surface area contributed by atoms with Gasteiger partial charge in [0, 0.05) is 12.6 Å². The molecule has 1 saturated heterocycles. The predicted octanol–water partition coefficient (Wildman–Crippen LogP) is 0.736. The highest BCUT2D eigenvalue weighted by atomic mass is 16.2. The van der Waals surface area contributed by atoms with Gasteiger partial charge in [0.25, 0.3) is 0 Å². The zero-order valence-electron chi connectivity index (χ0n) is 8.04. The Balaban J connectivity index is 2.02. The average Bonchev–Trinajstić information content (AvgIpc) is 2.60. The van der Waals surface area contributed by atoms with Crippen molar-refractivity contribution in [2.24, 2.45) is 11.7 Å².